The Morgan fingerprint density at radius 2 is 2.26 bits per heavy atom. The fourth-order valence-corrected chi connectivity index (χ4v) is 2.71. The van der Waals surface area contributed by atoms with Gasteiger partial charge in [0.2, 0.25) is 5.91 Å². The number of carbonyl (C=O) groups excluding carboxylic acids is 1. The van der Waals surface area contributed by atoms with E-state index in [2.05, 4.69) is 32.9 Å². The first-order chi connectivity index (χ1) is 9.15. The van der Waals surface area contributed by atoms with Crippen molar-refractivity contribution in [1.29, 1.82) is 0 Å². The third-order valence-corrected chi connectivity index (χ3v) is 4.04. The highest BCUT2D eigenvalue weighted by Crippen LogP contribution is 2.23. The van der Waals surface area contributed by atoms with Crippen molar-refractivity contribution in [2.24, 2.45) is 0 Å². The summed E-state index contributed by atoms with van der Waals surface area (Å²) in [5.41, 5.74) is 7.16. The minimum Gasteiger partial charge on any atom is -0.397 e. The molecule has 2 aromatic rings. The van der Waals surface area contributed by atoms with Crippen LogP contribution < -0.4 is 11.1 Å². The lowest BCUT2D eigenvalue weighted by Gasteiger charge is -2.06. The molecule has 0 radical (unpaired) electrons. The number of amides is 1. The van der Waals surface area contributed by atoms with Crippen LogP contribution in [0.2, 0.25) is 0 Å². The molecule has 98 valence electrons. The Bertz CT molecular complexity index is 592. The minimum atomic E-state index is -0.0526. The predicted molar refractivity (Wildman–Crippen MR) is 87.2 cm³/mol. The van der Waals surface area contributed by atoms with Gasteiger partial charge in [-0.3, -0.25) is 9.78 Å². The molecule has 0 aliphatic heterocycles. The summed E-state index contributed by atoms with van der Waals surface area (Å²) in [6, 6.07) is 9.47. The number of pyridine rings is 1. The van der Waals surface area contributed by atoms with Gasteiger partial charge < -0.3 is 11.1 Å². The molecule has 0 unspecified atom stereocenters. The number of aromatic nitrogens is 1. The highest BCUT2D eigenvalue weighted by Gasteiger charge is 2.05. The number of rotatable bonds is 4. The third kappa shape index (κ3) is 4.39. The number of hydrogen-bond acceptors (Lipinski definition) is 4. The standard InChI is InChI=1S/C13H12IN3OS/c14-9-2-1-3-10(6-9)17-13(18)8-19-12-4-5-16-7-11(12)15/h1-7H,8,15H2,(H,17,18). The number of nitrogens with zero attached hydrogens (tertiary/aromatic N) is 1. The molecule has 0 aliphatic carbocycles. The molecule has 4 nitrogen and oxygen atoms in total. The van der Waals surface area contributed by atoms with Gasteiger partial charge in [-0.2, -0.15) is 0 Å². The van der Waals surface area contributed by atoms with Crippen LogP contribution in [0, 0.1) is 3.57 Å². The van der Waals surface area contributed by atoms with Crippen molar-refractivity contribution in [3.8, 4) is 0 Å². The number of thioether (sulfide) groups is 1. The molecule has 0 bridgehead atoms. The summed E-state index contributed by atoms with van der Waals surface area (Å²) in [6.07, 6.45) is 3.25. The Morgan fingerprint density at radius 3 is 3.00 bits per heavy atom. The Morgan fingerprint density at radius 1 is 1.42 bits per heavy atom. The van der Waals surface area contributed by atoms with Gasteiger partial charge in [0, 0.05) is 20.3 Å². The van der Waals surface area contributed by atoms with Crippen molar-refractivity contribution in [2.75, 3.05) is 16.8 Å². The number of nitrogen functional groups attached to an aromatic ring is 1. The molecule has 1 aromatic carbocycles. The maximum absolute atomic E-state index is 11.8. The van der Waals surface area contributed by atoms with E-state index >= 15 is 0 Å². The van der Waals surface area contributed by atoms with Crippen molar-refractivity contribution < 1.29 is 4.79 Å². The minimum absolute atomic E-state index is 0.0526. The smallest absolute Gasteiger partial charge is 0.234 e. The summed E-state index contributed by atoms with van der Waals surface area (Å²) in [5, 5.41) is 2.85. The fourth-order valence-electron chi connectivity index (χ4n) is 1.43. The molecule has 0 fully saturated rings. The summed E-state index contributed by atoms with van der Waals surface area (Å²) in [5.74, 6) is 0.267. The Kier molecular flexibility index (Phi) is 5.03. The third-order valence-electron chi connectivity index (χ3n) is 2.28. The topological polar surface area (TPSA) is 68.0 Å². The zero-order valence-corrected chi connectivity index (χ0v) is 12.9. The highest BCUT2D eigenvalue weighted by atomic mass is 127. The zero-order chi connectivity index (χ0) is 13.7. The lowest BCUT2D eigenvalue weighted by Crippen LogP contribution is -2.14. The van der Waals surface area contributed by atoms with E-state index in [1.165, 1.54) is 11.8 Å². The first-order valence-electron chi connectivity index (χ1n) is 5.53. The highest BCUT2D eigenvalue weighted by molar-refractivity contribution is 14.1. The molecule has 0 spiro atoms. The van der Waals surface area contributed by atoms with Gasteiger partial charge >= 0.3 is 0 Å². The largest absolute Gasteiger partial charge is 0.397 e. The lowest BCUT2D eigenvalue weighted by molar-refractivity contribution is -0.113. The van der Waals surface area contributed by atoms with Gasteiger partial charge in [0.15, 0.2) is 0 Å². The van der Waals surface area contributed by atoms with Gasteiger partial charge in [-0.15, -0.1) is 11.8 Å². The molecule has 1 heterocycles. The number of hydrogen-bond donors (Lipinski definition) is 2. The second-order valence-electron chi connectivity index (χ2n) is 3.76. The van der Waals surface area contributed by atoms with Crippen LogP contribution >= 0.6 is 34.4 Å². The maximum Gasteiger partial charge on any atom is 0.234 e. The number of benzene rings is 1. The molecule has 3 N–H and O–H groups in total. The van der Waals surface area contributed by atoms with Gasteiger partial charge in [0.05, 0.1) is 17.6 Å². The molecule has 0 saturated heterocycles. The molecule has 0 saturated carbocycles. The molecule has 0 aliphatic rings. The van der Waals surface area contributed by atoms with E-state index in [-0.39, 0.29) is 5.91 Å². The zero-order valence-electron chi connectivity index (χ0n) is 9.97. The van der Waals surface area contributed by atoms with E-state index in [0.717, 1.165) is 14.2 Å². The molecule has 2 rings (SSSR count). The van der Waals surface area contributed by atoms with Crippen molar-refractivity contribution in [1.82, 2.24) is 4.98 Å². The fraction of sp³-hybridized carbons (Fsp3) is 0.0769. The average Bonchev–Trinajstić information content (AvgIpc) is 2.38. The van der Waals surface area contributed by atoms with Crippen LogP contribution in [-0.2, 0) is 4.79 Å². The van der Waals surface area contributed by atoms with Crippen molar-refractivity contribution in [2.45, 2.75) is 4.90 Å². The number of anilines is 2. The van der Waals surface area contributed by atoms with E-state index in [1.54, 1.807) is 18.5 Å². The molecule has 1 aromatic heterocycles. The normalized spacial score (nSPS) is 10.2. The molecule has 19 heavy (non-hydrogen) atoms. The van der Waals surface area contributed by atoms with Gasteiger partial charge in [0.25, 0.3) is 0 Å². The molecule has 6 heteroatoms. The number of carbonyl (C=O) groups is 1. The van der Waals surface area contributed by atoms with Crippen LogP contribution in [0.25, 0.3) is 0 Å². The van der Waals surface area contributed by atoms with E-state index in [1.807, 2.05) is 24.3 Å². The Labute approximate surface area is 129 Å². The van der Waals surface area contributed by atoms with Crippen LogP contribution in [0.15, 0.2) is 47.6 Å². The average molecular weight is 385 g/mol. The van der Waals surface area contributed by atoms with E-state index in [4.69, 9.17) is 5.73 Å². The van der Waals surface area contributed by atoms with Crippen LogP contribution in [0.5, 0.6) is 0 Å². The van der Waals surface area contributed by atoms with Crippen LogP contribution in [0.3, 0.4) is 0 Å². The van der Waals surface area contributed by atoms with Crippen molar-refractivity contribution >= 4 is 51.6 Å². The summed E-state index contributed by atoms with van der Waals surface area (Å²) in [4.78, 5) is 16.6. The summed E-state index contributed by atoms with van der Waals surface area (Å²) >= 11 is 3.61. The van der Waals surface area contributed by atoms with Gasteiger partial charge in [-0.05, 0) is 46.9 Å². The van der Waals surface area contributed by atoms with Crippen LogP contribution in [0.4, 0.5) is 11.4 Å². The monoisotopic (exact) mass is 385 g/mol. The number of nitrogens with two attached hydrogens (primary N) is 1. The molecular formula is C13H12IN3OS. The lowest BCUT2D eigenvalue weighted by atomic mass is 10.3. The number of nitrogens with one attached hydrogen (secondary N) is 1. The molecule has 0 atom stereocenters. The predicted octanol–water partition coefficient (Wildman–Crippen LogP) is 3.00. The van der Waals surface area contributed by atoms with E-state index < -0.39 is 0 Å². The summed E-state index contributed by atoms with van der Waals surface area (Å²) in [7, 11) is 0. The second-order valence-corrected chi connectivity index (χ2v) is 6.02. The van der Waals surface area contributed by atoms with Crippen LogP contribution in [0.1, 0.15) is 0 Å². The quantitative estimate of drug-likeness (QED) is 0.627. The van der Waals surface area contributed by atoms with Gasteiger partial charge in [0.1, 0.15) is 0 Å². The first-order valence-corrected chi connectivity index (χ1v) is 7.59. The molecular weight excluding hydrogens is 373 g/mol. The van der Waals surface area contributed by atoms with E-state index in [0.29, 0.717) is 11.4 Å². The first kappa shape index (κ1) is 14.1. The maximum atomic E-state index is 11.8. The Hall–Kier alpha value is -1.28. The Balaban J connectivity index is 1.90. The van der Waals surface area contributed by atoms with Crippen molar-refractivity contribution in [3.63, 3.8) is 0 Å². The summed E-state index contributed by atoms with van der Waals surface area (Å²) in [6.45, 7) is 0. The summed E-state index contributed by atoms with van der Waals surface area (Å²) < 4.78 is 1.08. The van der Waals surface area contributed by atoms with Gasteiger partial charge in [-0.1, -0.05) is 6.07 Å². The van der Waals surface area contributed by atoms with Crippen molar-refractivity contribution in [3.05, 3.63) is 46.3 Å². The molecule has 1 amide bonds. The van der Waals surface area contributed by atoms with E-state index in [9.17, 15) is 4.79 Å². The van der Waals surface area contributed by atoms with Crippen LogP contribution in [-0.4, -0.2) is 16.6 Å². The number of halogens is 1. The SMILES string of the molecule is Nc1cnccc1SCC(=O)Nc1cccc(I)c1. The van der Waals surface area contributed by atoms with Gasteiger partial charge in [-0.25, -0.2) is 0 Å². The second kappa shape index (κ2) is 6.76.